The molecule has 2 aromatic rings. The SMILES string of the molecule is Cn1c(CC(=O)C(C)(C)N2CCCC2)nc2ccccc21. The van der Waals surface area contributed by atoms with Crippen LogP contribution in [0.25, 0.3) is 11.0 Å². The molecule has 1 aromatic carbocycles. The summed E-state index contributed by atoms with van der Waals surface area (Å²) in [7, 11) is 1.99. The van der Waals surface area contributed by atoms with E-state index >= 15 is 0 Å². The van der Waals surface area contributed by atoms with Gasteiger partial charge in [0.05, 0.1) is 23.0 Å². The van der Waals surface area contributed by atoms with E-state index in [9.17, 15) is 4.79 Å². The average Bonchev–Trinajstić information content (AvgIpc) is 3.09. The van der Waals surface area contributed by atoms with Crippen LogP contribution < -0.4 is 0 Å². The summed E-state index contributed by atoms with van der Waals surface area (Å²) in [6.45, 7) is 6.15. The van der Waals surface area contributed by atoms with Gasteiger partial charge < -0.3 is 4.57 Å². The second-order valence-corrected chi connectivity index (χ2v) is 6.43. The average molecular weight is 285 g/mol. The molecule has 21 heavy (non-hydrogen) atoms. The third-order valence-electron chi connectivity index (χ3n) is 4.78. The summed E-state index contributed by atoms with van der Waals surface area (Å²) >= 11 is 0. The fraction of sp³-hybridized carbons (Fsp3) is 0.529. The largest absolute Gasteiger partial charge is 0.331 e. The Morgan fingerprint density at radius 1 is 1.24 bits per heavy atom. The summed E-state index contributed by atoms with van der Waals surface area (Å²) in [4.78, 5) is 19.7. The number of rotatable bonds is 4. The molecule has 4 heteroatoms. The van der Waals surface area contributed by atoms with Crippen molar-refractivity contribution < 1.29 is 4.79 Å². The molecule has 2 heterocycles. The van der Waals surface area contributed by atoms with E-state index in [4.69, 9.17) is 0 Å². The number of likely N-dealkylation sites (tertiary alicyclic amines) is 1. The van der Waals surface area contributed by atoms with E-state index in [0.29, 0.717) is 6.42 Å². The Morgan fingerprint density at radius 2 is 1.90 bits per heavy atom. The number of imidazole rings is 1. The molecular formula is C17H23N3O. The van der Waals surface area contributed by atoms with Gasteiger partial charge in [-0.25, -0.2) is 4.98 Å². The van der Waals surface area contributed by atoms with E-state index < -0.39 is 5.54 Å². The quantitative estimate of drug-likeness (QED) is 0.866. The molecular weight excluding hydrogens is 262 g/mol. The molecule has 0 spiro atoms. The van der Waals surface area contributed by atoms with Crippen molar-refractivity contribution in [3.63, 3.8) is 0 Å². The zero-order valence-corrected chi connectivity index (χ0v) is 13.1. The number of carbonyl (C=O) groups excluding carboxylic acids is 1. The molecule has 112 valence electrons. The molecule has 0 radical (unpaired) electrons. The third kappa shape index (κ3) is 2.48. The summed E-state index contributed by atoms with van der Waals surface area (Å²) in [5, 5.41) is 0. The highest BCUT2D eigenvalue weighted by Gasteiger charge is 2.36. The first kappa shape index (κ1) is 14.3. The molecule has 0 aliphatic carbocycles. The van der Waals surface area contributed by atoms with E-state index in [1.807, 2.05) is 49.7 Å². The van der Waals surface area contributed by atoms with E-state index in [1.54, 1.807) is 0 Å². The second-order valence-electron chi connectivity index (χ2n) is 6.43. The van der Waals surface area contributed by atoms with Crippen LogP contribution in [0.2, 0.25) is 0 Å². The summed E-state index contributed by atoms with van der Waals surface area (Å²) in [5.74, 6) is 1.11. The molecule has 1 saturated heterocycles. The number of para-hydroxylation sites is 2. The summed E-state index contributed by atoms with van der Waals surface area (Å²) in [6, 6.07) is 8.02. The predicted molar refractivity (Wildman–Crippen MR) is 84.3 cm³/mol. The molecule has 1 fully saturated rings. The van der Waals surface area contributed by atoms with Crippen molar-refractivity contribution >= 4 is 16.8 Å². The van der Waals surface area contributed by atoms with Gasteiger partial charge in [-0.05, 0) is 51.9 Å². The molecule has 1 aliphatic heterocycles. The van der Waals surface area contributed by atoms with Crippen molar-refractivity contribution in [2.24, 2.45) is 7.05 Å². The lowest BCUT2D eigenvalue weighted by Gasteiger charge is -2.33. The molecule has 1 aromatic heterocycles. The number of Topliss-reactive ketones (excluding diaryl/α,β-unsaturated/α-hetero) is 1. The topological polar surface area (TPSA) is 38.1 Å². The highest BCUT2D eigenvalue weighted by Crippen LogP contribution is 2.24. The van der Waals surface area contributed by atoms with E-state index in [-0.39, 0.29) is 5.78 Å². The molecule has 1 aliphatic rings. The smallest absolute Gasteiger partial charge is 0.160 e. The molecule has 4 nitrogen and oxygen atoms in total. The molecule has 3 rings (SSSR count). The van der Waals surface area contributed by atoms with Crippen LogP contribution in [0.3, 0.4) is 0 Å². The maximum absolute atomic E-state index is 12.8. The molecule has 0 N–H and O–H groups in total. The van der Waals surface area contributed by atoms with Gasteiger partial charge in [-0.2, -0.15) is 0 Å². The van der Waals surface area contributed by atoms with Crippen molar-refractivity contribution in [3.8, 4) is 0 Å². The maximum atomic E-state index is 12.8. The number of nitrogens with zero attached hydrogens (tertiary/aromatic N) is 3. The zero-order valence-electron chi connectivity index (χ0n) is 13.1. The van der Waals surface area contributed by atoms with Crippen LogP contribution in [0.1, 0.15) is 32.5 Å². The predicted octanol–water partition coefficient (Wildman–Crippen LogP) is 2.56. The first-order chi connectivity index (χ1) is 10.00. The number of aryl methyl sites for hydroxylation is 1. The lowest BCUT2D eigenvalue weighted by Crippen LogP contribution is -2.49. The number of hydrogen-bond donors (Lipinski definition) is 0. The maximum Gasteiger partial charge on any atom is 0.160 e. The van der Waals surface area contributed by atoms with Crippen LogP contribution in [0, 0.1) is 0 Å². The normalized spacial score (nSPS) is 16.7. The minimum absolute atomic E-state index is 0.253. The molecule has 0 unspecified atom stereocenters. The Morgan fingerprint density at radius 3 is 2.57 bits per heavy atom. The molecule has 0 atom stereocenters. The molecule has 0 saturated carbocycles. The van der Waals surface area contributed by atoms with E-state index in [0.717, 1.165) is 29.9 Å². The van der Waals surface area contributed by atoms with Crippen LogP contribution in [0.15, 0.2) is 24.3 Å². The van der Waals surface area contributed by atoms with Gasteiger partial charge in [-0.15, -0.1) is 0 Å². The Kier molecular flexibility index (Phi) is 3.57. The standard InChI is InChI=1S/C17H23N3O/c1-17(2,20-10-6-7-11-20)15(21)12-16-18-13-8-4-5-9-14(13)19(16)3/h4-5,8-9H,6-7,10-12H2,1-3H3. The van der Waals surface area contributed by atoms with Crippen LogP contribution >= 0.6 is 0 Å². The van der Waals surface area contributed by atoms with Crippen molar-refractivity contribution in [2.45, 2.75) is 38.6 Å². The Balaban J connectivity index is 1.84. The Labute approximate surface area is 125 Å². The van der Waals surface area contributed by atoms with E-state index in [1.165, 1.54) is 12.8 Å². The highest BCUT2D eigenvalue weighted by molar-refractivity contribution is 5.89. The van der Waals surface area contributed by atoms with Gasteiger partial charge in [0.2, 0.25) is 0 Å². The number of benzene rings is 1. The number of aromatic nitrogens is 2. The van der Waals surface area contributed by atoms with Gasteiger partial charge in [0.25, 0.3) is 0 Å². The van der Waals surface area contributed by atoms with Crippen LogP contribution in [-0.4, -0.2) is 38.9 Å². The number of ketones is 1. The van der Waals surface area contributed by atoms with Gasteiger partial charge >= 0.3 is 0 Å². The monoisotopic (exact) mass is 285 g/mol. The van der Waals surface area contributed by atoms with Crippen LogP contribution in [-0.2, 0) is 18.3 Å². The van der Waals surface area contributed by atoms with Gasteiger partial charge in [0, 0.05) is 7.05 Å². The minimum Gasteiger partial charge on any atom is -0.331 e. The Bertz CT molecular complexity index is 666. The molecule has 0 bridgehead atoms. The van der Waals surface area contributed by atoms with Crippen LogP contribution in [0.4, 0.5) is 0 Å². The zero-order chi connectivity index (χ0) is 15.0. The lowest BCUT2D eigenvalue weighted by atomic mass is 9.94. The molecule has 0 amide bonds. The van der Waals surface area contributed by atoms with Crippen molar-refractivity contribution in [3.05, 3.63) is 30.1 Å². The minimum atomic E-state index is -0.394. The lowest BCUT2D eigenvalue weighted by molar-refractivity contribution is -0.128. The van der Waals surface area contributed by atoms with Gasteiger partial charge in [-0.1, -0.05) is 12.1 Å². The van der Waals surface area contributed by atoms with Gasteiger partial charge in [0.15, 0.2) is 5.78 Å². The number of carbonyl (C=O) groups is 1. The van der Waals surface area contributed by atoms with Crippen molar-refractivity contribution in [1.82, 2.24) is 14.5 Å². The van der Waals surface area contributed by atoms with Gasteiger partial charge in [0.1, 0.15) is 5.82 Å². The van der Waals surface area contributed by atoms with Crippen molar-refractivity contribution in [1.29, 1.82) is 0 Å². The fourth-order valence-electron chi connectivity index (χ4n) is 3.17. The van der Waals surface area contributed by atoms with Crippen LogP contribution in [0.5, 0.6) is 0 Å². The first-order valence-corrected chi connectivity index (χ1v) is 7.69. The number of hydrogen-bond acceptors (Lipinski definition) is 3. The summed E-state index contributed by atoms with van der Waals surface area (Å²) in [5.41, 5.74) is 1.65. The fourth-order valence-corrected chi connectivity index (χ4v) is 3.17. The highest BCUT2D eigenvalue weighted by atomic mass is 16.1. The first-order valence-electron chi connectivity index (χ1n) is 7.69. The van der Waals surface area contributed by atoms with E-state index in [2.05, 4.69) is 9.88 Å². The number of fused-ring (bicyclic) bond motifs is 1. The summed E-state index contributed by atoms with van der Waals surface area (Å²) in [6.07, 6.45) is 2.79. The second kappa shape index (κ2) is 5.26. The summed E-state index contributed by atoms with van der Waals surface area (Å²) < 4.78 is 2.04. The Hall–Kier alpha value is -1.68. The van der Waals surface area contributed by atoms with Crippen molar-refractivity contribution in [2.75, 3.05) is 13.1 Å². The van der Waals surface area contributed by atoms with Gasteiger partial charge in [-0.3, -0.25) is 9.69 Å². The third-order valence-corrected chi connectivity index (χ3v) is 4.78.